The first kappa shape index (κ1) is 13.4. The molecule has 5 nitrogen and oxygen atoms in total. The van der Waals surface area contributed by atoms with Crippen LogP contribution < -0.4 is 0 Å². The van der Waals surface area contributed by atoms with E-state index in [-0.39, 0.29) is 44.9 Å². The lowest BCUT2D eigenvalue weighted by atomic mass is 10.2. The highest BCUT2D eigenvalue weighted by molar-refractivity contribution is 5.69. The van der Waals surface area contributed by atoms with Crippen molar-refractivity contribution in [3.05, 3.63) is 0 Å². The molecule has 0 saturated carbocycles. The standard InChI is InChI=1S/C9H18O5/c1-8(13-6-4-10)2-3-9(12)14-7-5-11/h8,10-11H,2-7H2,1H3/t8-/m0/s1. The van der Waals surface area contributed by atoms with Crippen molar-refractivity contribution in [3.63, 3.8) is 0 Å². The maximum absolute atomic E-state index is 10.9. The minimum absolute atomic E-state index is 0.0146. The first-order valence-electron chi connectivity index (χ1n) is 4.69. The zero-order valence-corrected chi connectivity index (χ0v) is 8.44. The fourth-order valence-electron chi connectivity index (χ4n) is 0.890. The van der Waals surface area contributed by atoms with E-state index in [0.717, 1.165) is 0 Å². The van der Waals surface area contributed by atoms with Crippen LogP contribution in [0, 0.1) is 0 Å². The van der Waals surface area contributed by atoms with E-state index in [9.17, 15) is 4.79 Å². The third-order valence-electron chi connectivity index (χ3n) is 1.60. The summed E-state index contributed by atoms with van der Waals surface area (Å²) < 4.78 is 9.79. The molecular weight excluding hydrogens is 188 g/mol. The Kier molecular flexibility index (Phi) is 8.51. The zero-order valence-electron chi connectivity index (χ0n) is 8.44. The molecule has 0 unspecified atom stereocenters. The highest BCUT2D eigenvalue weighted by atomic mass is 16.5. The van der Waals surface area contributed by atoms with Gasteiger partial charge in [-0.2, -0.15) is 0 Å². The van der Waals surface area contributed by atoms with Crippen molar-refractivity contribution in [3.8, 4) is 0 Å². The van der Waals surface area contributed by atoms with Gasteiger partial charge in [-0.05, 0) is 13.3 Å². The number of aliphatic hydroxyl groups is 2. The van der Waals surface area contributed by atoms with Gasteiger partial charge < -0.3 is 19.7 Å². The molecule has 0 aliphatic carbocycles. The van der Waals surface area contributed by atoms with Gasteiger partial charge >= 0.3 is 5.97 Å². The Labute approximate surface area is 83.6 Å². The van der Waals surface area contributed by atoms with Crippen LogP contribution in [0.4, 0.5) is 0 Å². The van der Waals surface area contributed by atoms with Crippen LogP contribution in [-0.4, -0.2) is 48.7 Å². The third kappa shape index (κ3) is 7.97. The number of carbonyl (C=O) groups is 1. The quantitative estimate of drug-likeness (QED) is 0.533. The maximum Gasteiger partial charge on any atom is 0.305 e. The van der Waals surface area contributed by atoms with Gasteiger partial charge in [-0.3, -0.25) is 4.79 Å². The van der Waals surface area contributed by atoms with Gasteiger partial charge in [0.2, 0.25) is 0 Å². The van der Waals surface area contributed by atoms with Gasteiger partial charge in [0, 0.05) is 6.42 Å². The summed E-state index contributed by atoms with van der Waals surface area (Å²) in [6, 6.07) is 0. The first-order valence-corrected chi connectivity index (χ1v) is 4.69. The Bertz CT molecular complexity index is 148. The maximum atomic E-state index is 10.9. The van der Waals surface area contributed by atoms with E-state index in [1.54, 1.807) is 0 Å². The lowest BCUT2D eigenvalue weighted by Crippen LogP contribution is -2.15. The normalized spacial score (nSPS) is 12.5. The number of carbonyl (C=O) groups excluding carboxylic acids is 1. The third-order valence-corrected chi connectivity index (χ3v) is 1.60. The Hall–Kier alpha value is -0.650. The average Bonchev–Trinajstić information content (AvgIpc) is 2.20. The molecule has 0 aromatic heterocycles. The van der Waals surface area contributed by atoms with E-state index in [1.807, 2.05) is 6.92 Å². The summed E-state index contributed by atoms with van der Waals surface area (Å²) in [5.74, 6) is -0.335. The molecule has 0 radical (unpaired) electrons. The Morgan fingerprint density at radius 3 is 2.50 bits per heavy atom. The van der Waals surface area contributed by atoms with E-state index >= 15 is 0 Å². The molecule has 0 rings (SSSR count). The fourth-order valence-corrected chi connectivity index (χ4v) is 0.890. The topological polar surface area (TPSA) is 76.0 Å². The number of hydrogen-bond donors (Lipinski definition) is 2. The largest absolute Gasteiger partial charge is 0.463 e. The summed E-state index contributed by atoms with van der Waals surface area (Å²) >= 11 is 0. The number of hydrogen-bond acceptors (Lipinski definition) is 5. The van der Waals surface area contributed by atoms with Gasteiger partial charge in [0.1, 0.15) is 6.61 Å². The van der Waals surface area contributed by atoms with Crippen molar-refractivity contribution in [2.75, 3.05) is 26.4 Å². The predicted molar refractivity (Wildman–Crippen MR) is 49.8 cm³/mol. The Morgan fingerprint density at radius 1 is 1.29 bits per heavy atom. The SMILES string of the molecule is C[C@@H](CCC(=O)OCCO)OCCO. The molecule has 0 amide bonds. The van der Waals surface area contributed by atoms with Gasteiger partial charge in [-0.15, -0.1) is 0 Å². The molecule has 2 N–H and O–H groups in total. The first-order chi connectivity index (χ1) is 6.70. The highest BCUT2D eigenvalue weighted by Crippen LogP contribution is 2.02. The van der Waals surface area contributed by atoms with Crippen LogP contribution in [0.25, 0.3) is 0 Å². The monoisotopic (exact) mass is 206 g/mol. The summed E-state index contributed by atoms with van der Waals surface area (Å²) in [7, 11) is 0. The minimum Gasteiger partial charge on any atom is -0.463 e. The van der Waals surface area contributed by atoms with E-state index in [1.165, 1.54) is 0 Å². The second-order valence-electron chi connectivity index (χ2n) is 2.89. The van der Waals surface area contributed by atoms with Crippen molar-refractivity contribution in [2.24, 2.45) is 0 Å². The molecule has 1 atom stereocenters. The van der Waals surface area contributed by atoms with Crippen LogP contribution in [0.15, 0.2) is 0 Å². The molecule has 0 aromatic rings. The minimum atomic E-state index is -0.335. The molecule has 0 saturated heterocycles. The molecule has 0 spiro atoms. The van der Waals surface area contributed by atoms with Crippen LogP contribution >= 0.6 is 0 Å². The second kappa shape index (κ2) is 8.93. The van der Waals surface area contributed by atoms with Crippen LogP contribution in [0.3, 0.4) is 0 Å². The summed E-state index contributed by atoms with van der Waals surface area (Å²) in [6.45, 7) is 1.99. The van der Waals surface area contributed by atoms with Crippen molar-refractivity contribution >= 4 is 5.97 Å². The number of ether oxygens (including phenoxy) is 2. The molecule has 0 aromatic carbocycles. The van der Waals surface area contributed by atoms with Crippen LogP contribution in [0.1, 0.15) is 19.8 Å². The van der Waals surface area contributed by atoms with E-state index < -0.39 is 0 Å². The van der Waals surface area contributed by atoms with E-state index in [2.05, 4.69) is 4.74 Å². The summed E-state index contributed by atoms with van der Waals surface area (Å²) in [5, 5.41) is 16.8. The van der Waals surface area contributed by atoms with Gasteiger partial charge in [0.25, 0.3) is 0 Å². The molecule has 84 valence electrons. The molecule has 0 aliphatic rings. The van der Waals surface area contributed by atoms with Crippen LogP contribution in [-0.2, 0) is 14.3 Å². The summed E-state index contributed by atoms with van der Waals surface area (Å²) in [5.41, 5.74) is 0. The number of aliphatic hydroxyl groups excluding tert-OH is 2. The van der Waals surface area contributed by atoms with Crippen molar-refractivity contribution in [1.82, 2.24) is 0 Å². The van der Waals surface area contributed by atoms with E-state index in [4.69, 9.17) is 14.9 Å². The molecule has 0 fully saturated rings. The second-order valence-corrected chi connectivity index (χ2v) is 2.89. The zero-order chi connectivity index (χ0) is 10.8. The average molecular weight is 206 g/mol. The number of rotatable bonds is 8. The molecule has 0 aliphatic heterocycles. The van der Waals surface area contributed by atoms with Crippen LogP contribution in [0.2, 0.25) is 0 Å². The smallest absolute Gasteiger partial charge is 0.305 e. The van der Waals surface area contributed by atoms with Crippen molar-refractivity contribution in [1.29, 1.82) is 0 Å². The van der Waals surface area contributed by atoms with Crippen molar-refractivity contribution < 1.29 is 24.5 Å². The molecular formula is C9H18O5. The lowest BCUT2D eigenvalue weighted by Gasteiger charge is -2.11. The predicted octanol–water partition coefficient (Wildman–Crippen LogP) is -0.300. The Morgan fingerprint density at radius 2 is 1.93 bits per heavy atom. The molecule has 14 heavy (non-hydrogen) atoms. The summed E-state index contributed by atoms with van der Waals surface area (Å²) in [6.07, 6.45) is 0.764. The van der Waals surface area contributed by atoms with Gasteiger partial charge in [0.15, 0.2) is 0 Å². The van der Waals surface area contributed by atoms with Gasteiger partial charge in [0.05, 0.1) is 25.9 Å². The van der Waals surface area contributed by atoms with Gasteiger partial charge in [-0.25, -0.2) is 0 Å². The fraction of sp³-hybridized carbons (Fsp3) is 0.889. The van der Waals surface area contributed by atoms with Gasteiger partial charge in [-0.1, -0.05) is 0 Å². The molecule has 0 bridgehead atoms. The van der Waals surface area contributed by atoms with E-state index in [0.29, 0.717) is 6.42 Å². The van der Waals surface area contributed by atoms with Crippen molar-refractivity contribution in [2.45, 2.75) is 25.9 Å². The highest BCUT2D eigenvalue weighted by Gasteiger charge is 2.07. The molecule has 5 heteroatoms. The molecule has 0 heterocycles. The Balaban J connectivity index is 3.36. The summed E-state index contributed by atoms with van der Waals surface area (Å²) in [4.78, 5) is 10.9. The lowest BCUT2D eigenvalue weighted by molar-refractivity contribution is -0.145. The van der Waals surface area contributed by atoms with Crippen LogP contribution in [0.5, 0.6) is 0 Å². The number of esters is 1.